The molecule has 0 saturated heterocycles. The van der Waals surface area contributed by atoms with E-state index in [1.54, 1.807) is 6.07 Å². The van der Waals surface area contributed by atoms with Crippen LogP contribution in [0.15, 0.2) is 33.8 Å². The summed E-state index contributed by atoms with van der Waals surface area (Å²) in [6.07, 6.45) is 7.82. The fraction of sp³-hybridized carbons (Fsp3) is 0.524. The molecule has 0 N–H and O–H groups in total. The summed E-state index contributed by atoms with van der Waals surface area (Å²) in [5, 5.41) is 21.7. The molecule has 11 heteroatoms. The third kappa shape index (κ3) is 4.80. The van der Waals surface area contributed by atoms with Gasteiger partial charge in [0.1, 0.15) is 0 Å². The van der Waals surface area contributed by atoms with Gasteiger partial charge in [0.05, 0.1) is 28.9 Å². The first-order valence-corrected chi connectivity index (χ1v) is 12.3. The van der Waals surface area contributed by atoms with Gasteiger partial charge in [-0.3, -0.25) is 4.79 Å². The minimum Gasteiger partial charge on any atom is -0.419 e. The molecule has 1 aromatic carbocycles. The SMILES string of the molecule is O=C(CSc1nnnn1C1CCCCC1)N(Cc1nnc(-c2ccccc2Cl)o1)C1CC1. The van der Waals surface area contributed by atoms with Crippen molar-refractivity contribution >= 4 is 29.3 Å². The van der Waals surface area contributed by atoms with Crippen LogP contribution in [0, 0.1) is 0 Å². The van der Waals surface area contributed by atoms with Crippen molar-refractivity contribution in [1.29, 1.82) is 0 Å². The Labute approximate surface area is 194 Å². The van der Waals surface area contributed by atoms with Crippen LogP contribution in [0.25, 0.3) is 11.5 Å². The van der Waals surface area contributed by atoms with Crippen molar-refractivity contribution in [3.8, 4) is 11.5 Å². The topological polar surface area (TPSA) is 103 Å². The van der Waals surface area contributed by atoms with Crippen molar-refractivity contribution in [2.75, 3.05) is 5.75 Å². The van der Waals surface area contributed by atoms with Gasteiger partial charge < -0.3 is 9.32 Å². The number of halogens is 1. The third-order valence-corrected chi connectivity index (χ3v) is 7.14. The standard InChI is InChI=1S/C21H24ClN7O2S/c22-17-9-5-4-8-16(17)20-24-23-18(31-20)12-28(14-10-11-14)19(30)13-32-21-25-26-27-29(21)15-6-2-1-3-7-15/h4-5,8-9,14-15H,1-3,6-7,10-13H2. The average Bonchev–Trinajstić information content (AvgIpc) is 3.36. The highest BCUT2D eigenvalue weighted by Crippen LogP contribution is 2.33. The number of hydrogen-bond acceptors (Lipinski definition) is 8. The van der Waals surface area contributed by atoms with Gasteiger partial charge >= 0.3 is 0 Å². The van der Waals surface area contributed by atoms with Crippen LogP contribution in [0.3, 0.4) is 0 Å². The summed E-state index contributed by atoms with van der Waals surface area (Å²) < 4.78 is 7.71. The van der Waals surface area contributed by atoms with Crippen LogP contribution in [-0.2, 0) is 11.3 Å². The Bertz CT molecular complexity index is 1080. The van der Waals surface area contributed by atoms with Gasteiger partial charge in [0, 0.05) is 6.04 Å². The van der Waals surface area contributed by atoms with Crippen molar-refractivity contribution in [1.82, 2.24) is 35.3 Å². The van der Waals surface area contributed by atoms with Gasteiger partial charge in [0.2, 0.25) is 22.8 Å². The molecule has 2 aliphatic rings. The molecule has 1 amide bonds. The van der Waals surface area contributed by atoms with Crippen LogP contribution in [0.1, 0.15) is 56.9 Å². The molecular formula is C21H24ClN7O2S. The number of aromatic nitrogens is 6. The van der Waals surface area contributed by atoms with Gasteiger partial charge in [-0.25, -0.2) is 4.68 Å². The molecule has 2 aromatic heterocycles. The van der Waals surface area contributed by atoms with E-state index < -0.39 is 0 Å². The monoisotopic (exact) mass is 473 g/mol. The largest absolute Gasteiger partial charge is 0.419 e. The number of carbonyl (C=O) groups is 1. The van der Waals surface area contributed by atoms with Crippen LogP contribution >= 0.6 is 23.4 Å². The maximum Gasteiger partial charge on any atom is 0.249 e. The number of amides is 1. The number of benzene rings is 1. The molecule has 0 aliphatic heterocycles. The zero-order valence-electron chi connectivity index (χ0n) is 17.6. The summed E-state index contributed by atoms with van der Waals surface area (Å²) in [5.41, 5.74) is 0.683. The van der Waals surface area contributed by atoms with Crippen molar-refractivity contribution < 1.29 is 9.21 Å². The van der Waals surface area contributed by atoms with E-state index in [2.05, 4.69) is 25.7 Å². The summed E-state index contributed by atoms with van der Waals surface area (Å²) >= 11 is 7.63. The molecule has 0 unspecified atom stereocenters. The molecular weight excluding hydrogens is 450 g/mol. The van der Waals surface area contributed by atoms with E-state index in [-0.39, 0.29) is 24.2 Å². The smallest absolute Gasteiger partial charge is 0.249 e. The van der Waals surface area contributed by atoms with Gasteiger partial charge in [-0.2, -0.15) is 0 Å². The highest BCUT2D eigenvalue weighted by atomic mass is 35.5. The van der Waals surface area contributed by atoms with Gasteiger partial charge in [0.15, 0.2) is 0 Å². The summed E-state index contributed by atoms with van der Waals surface area (Å²) in [5.74, 6) is 1.05. The molecule has 3 aromatic rings. The minimum absolute atomic E-state index is 0.0215. The van der Waals surface area contributed by atoms with Crippen LogP contribution in [0.5, 0.6) is 0 Å². The number of carbonyl (C=O) groups excluding carboxylic acids is 1. The lowest BCUT2D eigenvalue weighted by atomic mass is 9.96. The summed E-state index contributed by atoms with van der Waals surface area (Å²) in [4.78, 5) is 14.9. The second kappa shape index (κ2) is 9.58. The molecule has 2 aliphatic carbocycles. The quantitative estimate of drug-likeness (QED) is 0.449. The summed E-state index contributed by atoms with van der Waals surface area (Å²) in [6.45, 7) is 0.287. The predicted molar refractivity (Wildman–Crippen MR) is 119 cm³/mol. The molecule has 5 rings (SSSR count). The highest BCUT2D eigenvalue weighted by Gasteiger charge is 2.34. The molecule has 0 spiro atoms. The van der Waals surface area contributed by atoms with Crippen molar-refractivity contribution in [2.45, 2.75) is 68.7 Å². The van der Waals surface area contributed by atoms with Gasteiger partial charge in [-0.15, -0.1) is 15.3 Å². The maximum absolute atomic E-state index is 13.1. The van der Waals surface area contributed by atoms with Gasteiger partial charge in [-0.1, -0.05) is 54.8 Å². The minimum atomic E-state index is 0.0215. The van der Waals surface area contributed by atoms with Gasteiger partial charge in [-0.05, 0) is 48.2 Å². The lowest BCUT2D eigenvalue weighted by Gasteiger charge is -2.22. The summed E-state index contributed by atoms with van der Waals surface area (Å²) in [7, 11) is 0. The lowest BCUT2D eigenvalue weighted by molar-refractivity contribution is -0.129. The van der Waals surface area contributed by atoms with Crippen LogP contribution in [0.4, 0.5) is 0 Å². The van der Waals surface area contributed by atoms with Gasteiger partial charge in [0.25, 0.3) is 0 Å². The van der Waals surface area contributed by atoms with Crippen LogP contribution in [0.2, 0.25) is 5.02 Å². The third-order valence-electron chi connectivity index (χ3n) is 5.89. The molecule has 0 atom stereocenters. The zero-order chi connectivity index (χ0) is 21.9. The fourth-order valence-corrected chi connectivity index (χ4v) is 5.11. The maximum atomic E-state index is 13.1. The van der Waals surface area contributed by atoms with Crippen molar-refractivity contribution in [2.24, 2.45) is 0 Å². The Balaban J connectivity index is 1.23. The molecule has 2 fully saturated rings. The number of hydrogen-bond donors (Lipinski definition) is 0. The predicted octanol–water partition coefficient (Wildman–Crippen LogP) is 4.17. The first-order valence-electron chi connectivity index (χ1n) is 11.0. The van der Waals surface area contributed by atoms with E-state index in [1.165, 1.54) is 31.0 Å². The Morgan fingerprint density at radius 3 is 2.72 bits per heavy atom. The van der Waals surface area contributed by atoms with E-state index >= 15 is 0 Å². The summed E-state index contributed by atoms with van der Waals surface area (Å²) in [6, 6.07) is 7.86. The number of nitrogens with zero attached hydrogens (tertiary/aromatic N) is 7. The number of thioether (sulfide) groups is 1. The Morgan fingerprint density at radius 1 is 1.12 bits per heavy atom. The second-order valence-corrected chi connectivity index (χ2v) is 9.57. The Kier molecular flexibility index (Phi) is 6.40. The number of tetrazole rings is 1. The first-order chi connectivity index (χ1) is 15.7. The zero-order valence-corrected chi connectivity index (χ0v) is 19.1. The molecule has 2 saturated carbocycles. The van der Waals surface area contributed by atoms with E-state index in [0.29, 0.717) is 33.6 Å². The number of rotatable bonds is 8. The first kappa shape index (κ1) is 21.4. The van der Waals surface area contributed by atoms with E-state index in [0.717, 1.165) is 25.7 Å². The lowest BCUT2D eigenvalue weighted by Crippen LogP contribution is -2.34. The average molecular weight is 474 g/mol. The molecule has 2 heterocycles. The van der Waals surface area contributed by atoms with E-state index in [4.69, 9.17) is 16.0 Å². The molecule has 32 heavy (non-hydrogen) atoms. The highest BCUT2D eigenvalue weighted by molar-refractivity contribution is 7.99. The second-order valence-electron chi connectivity index (χ2n) is 8.22. The fourth-order valence-electron chi connectivity index (χ4n) is 4.06. The van der Waals surface area contributed by atoms with Crippen molar-refractivity contribution in [3.63, 3.8) is 0 Å². The van der Waals surface area contributed by atoms with Crippen LogP contribution < -0.4 is 0 Å². The Hall–Kier alpha value is -2.46. The van der Waals surface area contributed by atoms with Crippen LogP contribution in [-0.4, -0.2) is 53.0 Å². The van der Waals surface area contributed by atoms with Crippen molar-refractivity contribution in [3.05, 3.63) is 35.2 Å². The normalized spacial score (nSPS) is 16.9. The molecule has 0 radical (unpaired) electrons. The van der Waals surface area contributed by atoms with E-state index in [1.807, 2.05) is 27.8 Å². The molecule has 9 nitrogen and oxygen atoms in total. The Morgan fingerprint density at radius 2 is 1.94 bits per heavy atom. The molecule has 0 bridgehead atoms. The van der Waals surface area contributed by atoms with E-state index in [9.17, 15) is 4.79 Å². The molecule has 168 valence electrons.